The number of Topliss-reactive ketones (excluding diaryl/α,β-unsaturated/α-hetero) is 1. The van der Waals surface area contributed by atoms with E-state index in [0.29, 0.717) is 16.7 Å². The van der Waals surface area contributed by atoms with Crippen LogP contribution in [0.3, 0.4) is 0 Å². The second kappa shape index (κ2) is 4.69. The summed E-state index contributed by atoms with van der Waals surface area (Å²) in [5.74, 6) is -0.278. The third-order valence-electron chi connectivity index (χ3n) is 2.91. The molecule has 0 saturated heterocycles. The molecule has 0 bridgehead atoms. The summed E-state index contributed by atoms with van der Waals surface area (Å²) in [6.07, 6.45) is 2.80. The number of nitrogens with two attached hydrogens (primary N) is 1. The Bertz CT molecular complexity index is 781. The minimum atomic E-state index is -0.379. The predicted octanol–water partition coefficient (Wildman–Crippen LogP) is 1.43. The number of imidazole rings is 1. The highest BCUT2D eigenvalue weighted by Gasteiger charge is 2.12. The highest BCUT2D eigenvalue weighted by atomic mass is 19.1. The molecule has 2 heterocycles. The molecular weight excluding hydrogens is 261 g/mol. The summed E-state index contributed by atoms with van der Waals surface area (Å²) >= 11 is 0. The number of nitrogens with zero attached hydrogens (tertiary/aromatic N) is 4. The van der Waals surface area contributed by atoms with Crippen LogP contribution in [0.25, 0.3) is 11.2 Å². The molecule has 2 N–H and O–H groups in total. The van der Waals surface area contributed by atoms with Crippen LogP contribution < -0.4 is 5.73 Å². The van der Waals surface area contributed by atoms with Gasteiger partial charge in [0.25, 0.3) is 0 Å². The fourth-order valence-corrected chi connectivity index (χ4v) is 1.90. The zero-order valence-corrected chi connectivity index (χ0v) is 10.3. The number of rotatable bonds is 3. The normalized spacial score (nSPS) is 10.8. The molecule has 0 saturated carbocycles. The van der Waals surface area contributed by atoms with Crippen LogP contribution in [0.2, 0.25) is 0 Å². The maximum absolute atomic E-state index is 12.8. The highest BCUT2D eigenvalue weighted by Crippen LogP contribution is 2.15. The molecule has 0 aliphatic rings. The van der Waals surface area contributed by atoms with Gasteiger partial charge in [-0.2, -0.15) is 0 Å². The average Bonchev–Trinajstić information content (AvgIpc) is 2.84. The number of halogens is 1. The lowest BCUT2D eigenvalue weighted by atomic mass is 10.1. The Labute approximate surface area is 113 Å². The van der Waals surface area contributed by atoms with Gasteiger partial charge in [-0.3, -0.25) is 4.79 Å². The van der Waals surface area contributed by atoms with Gasteiger partial charge in [0.05, 0.1) is 12.9 Å². The van der Waals surface area contributed by atoms with Crippen molar-refractivity contribution in [3.63, 3.8) is 0 Å². The molecule has 6 nitrogen and oxygen atoms in total. The van der Waals surface area contributed by atoms with Gasteiger partial charge in [0, 0.05) is 5.56 Å². The van der Waals surface area contributed by atoms with E-state index in [1.54, 1.807) is 4.57 Å². The third-order valence-corrected chi connectivity index (χ3v) is 2.91. The van der Waals surface area contributed by atoms with Gasteiger partial charge in [-0.1, -0.05) is 0 Å². The van der Waals surface area contributed by atoms with Crippen molar-refractivity contribution >= 4 is 22.8 Å². The van der Waals surface area contributed by atoms with Gasteiger partial charge in [0.2, 0.25) is 0 Å². The number of carbonyl (C=O) groups excluding carboxylic acids is 1. The van der Waals surface area contributed by atoms with E-state index in [2.05, 4.69) is 15.0 Å². The zero-order valence-electron chi connectivity index (χ0n) is 10.3. The number of carbonyl (C=O) groups is 1. The Kier molecular flexibility index (Phi) is 2.86. The van der Waals surface area contributed by atoms with Crippen LogP contribution in [0.1, 0.15) is 10.4 Å². The third kappa shape index (κ3) is 2.09. The summed E-state index contributed by atoms with van der Waals surface area (Å²) in [4.78, 5) is 24.1. The minimum absolute atomic E-state index is 0.0542. The summed E-state index contributed by atoms with van der Waals surface area (Å²) in [5.41, 5.74) is 7.05. The summed E-state index contributed by atoms with van der Waals surface area (Å²) in [5, 5.41) is 0. The number of hydrogen-bond acceptors (Lipinski definition) is 5. The Morgan fingerprint density at radius 3 is 2.70 bits per heavy atom. The summed E-state index contributed by atoms with van der Waals surface area (Å²) in [7, 11) is 0. The summed E-state index contributed by atoms with van der Waals surface area (Å²) in [6.45, 7) is 0.0542. The van der Waals surface area contributed by atoms with E-state index < -0.39 is 0 Å². The molecule has 1 aromatic carbocycles. The van der Waals surface area contributed by atoms with Gasteiger partial charge in [-0.25, -0.2) is 19.3 Å². The first kappa shape index (κ1) is 12.2. The van der Waals surface area contributed by atoms with E-state index in [9.17, 15) is 9.18 Å². The van der Waals surface area contributed by atoms with Gasteiger partial charge in [0.1, 0.15) is 17.7 Å². The second-order valence-corrected chi connectivity index (χ2v) is 4.23. The predicted molar refractivity (Wildman–Crippen MR) is 70.5 cm³/mol. The first-order valence-electron chi connectivity index (χ1n) is 5.85. The molecule has 0 radical (unpaired) electrons. The SMILES string of the molecule is Nc1ncnc2c1ncn2CC(=O)c1ccc(F)cc1. The molecule has 0 atom stereocenters. The molecule has 0 unspecified atom stereocenters. The largest absolute Gasteiger partial charge is 0.382 e. The second-order valence-electron chi connectivity index (χ2n) is 4.23. The molecule has 0 aliphatic carbocycles. The van der Waals surface area contributed by atoms with Crippen molar-refractivity contribution < 1.29 is 9.18 Å². The van der Waals surface area contributed by atoms with E-state index in [1.807, 2.05) is 0 Å². The molecule has 0 amide bonds. The standard InChI is InChI=1S/C13H10FN5O/c14-9-3-1-8(2-4-9)10(20)5-19-7-18-11-12(15)16-6-17-13(11)19/h1-4,6-7H,5H2,(H2,15,16,17). The molecule has 3 aromatic rings. The van der Waals surface area contributed by atoms with Gasteiger partial charge in [0.15, 0.2) is 17.2 Å². The number of benzene rings is 1. The van der Waals surface area contributed by atoms with Crippen LogP contribution in [-0.2, 0) is 6.54 Å². The highest BCUT2D eigenvalue weighted by molar-refractivity contribution is 5.96. The first-order valence-corrected chi connectivity index (χ1v) is 5.85. The molecule has 100 valence electrons. The summed E-state index contributed by atoms with van der Waals surface area (Å²) in [6, 6.07) is 5.39. The number of hydrogen-bond donors (Lipinski definition) is 1. The van der Waals surface area contributed by atoms with Crippen molar-refractivity contribution in [3.8, 4) is 0 Å². The number of fused-ring (bicyclic) bond motifs is 1. The van der Waals surface area contributed by atoms with E-state index >= 15 is 0 Å². The first-order chi connectivity index (χ1) is 9.65. The van der Waals surface area contributed by atoms with Crippen LogP contribution in [0.15, 0.2) is 36.9 Å². The Morgan fingerprint density at radius 2 is 1.95 bits per heavy atom. The van der Waals surface area contributed by atoms with Gasteiger partial charge >= 0.3 is 0 Å². The van der Waals surface area contributed by atoms with Gasteiger partial charge in [-0.05, 0) is 24.3 Å². The zero-order chi connectivity index (χ0) is 14.1. The Hall–Kier alpha value is -2.83. The van der Waals surface area contributed by atoms with Crippen LogP contribution in [0, 0.1) is 5.82 Å². The van der Waals surface area contributed by atoms with Crippen molar-refractivity contribution in [1.82, 2.24) is 19.5 Å². The Morgan fingerprint density at radius 1 is 1.20 bits per heavy atom. The topological polar surface area (TPSA) is 86.7 Å². The van der Waals surface area contributed by atoms with Crippen LogP contribution in [0.5, 0.6) is 0 Å². The fourth-order valence-electron chi connectivity index (χ4n) is 1.90. The van der Waals surface area contributed by atoms with Crippen molar-refractivity contribution in [1.29, 1.82) is 0 Å². The van der Waals surface area contributed by atoms with E-state index in [1.165, 1.54) is 36.9 Å². The minimum Gasteiger partial charge on any atom is -0.382 e. The molecular formula is C13H10FN5O. The van der Waals surface area contributed by atoms with E-state index in [4.69, 9.17) is 5.73 Å². The molecule has 20 heavy (non-hydrogen) atoms. The van der Waals surface area contributed by atoms with Crippen LogP contribution in [-0.4, -0.2) is 25.3 Å². The maximum Gasteiger partial charge on any atom is 0.182 e. The Balaban J connectivity index is 1.91. The average molecular weight is 271 g/mol. The number of anilines is 1. The molecule has 7 heteroatoms. The van der Waals surface area contributed by atoms with E-state index in [-0.39, 0.29) is 24.0 Å². The lowest BCUT2D eigenvalue weighted by Crippen LogP contribution is -2.10. The van der Waals surface area contributed by atoms with Crippen LogP contribution in [0.4, 0.5) is 10.2 Å². The van der Waals surface area contributed by atoms with Gasteiger partial charge < -0.3 is 10.3 Å². The molecule has 0 fully saturated rings. The van der Waals surface area contributed by atoms with Gasteiger partial charge in [-0.15, -0.1) is 0 Å². The maximum atomic E-state index is 12.8. The number of ketones is 1. The number of nitrogen functional groups attached to an aromatic ring is 1. The van der Waals surface area contributed by atoms with Crippen molar-refractivity contribution in [2.24, 2.45) is 0 Å². The number of aromatic nitrogens is 4. The fraction of sp³-hybridized carbons (Fsp3) is 0.0769. The quantitative estimate of drug-likeness (QED) is 0.728. The van der Waals surface area contributed by atoms with Crippen molar-refractivity contribution in [2.45, 2.75) is 6.54 Å². The van der Waals surface area contributed by atoms with Crippen molar-refractivity contribution in [2.75, 3.05) is 5.73 Å². The van der Waals surface area contributed by atoms with E-state index in [0.717, 1.165) is 0 Å². The molecule has 0 aliphatic heterocycles. The lowest BCUT2D eigenvalue weighted by Gasteiger charge is -2.03. The monoisotopic (exact) mass is 271 g/mol. The smallest absolute Gasteiger partial charge is 0.182 e. The molecule has 2 aromatic heterocycles. The lowest BCUT2D eigenvalue weighted by molar-refractivity contribution is 0.0973. The molecule has 0 spiro atoms. The van der Waals surface area contributed by atoms with Crippen LogP contribution >= 0.6 is 0 Å². The molecule has 3 rings (SSSR count). The van der Waals surface area contributed by atoms with Crippen molar-refractivity contribution in [3.05, 3.63) is 48.3 Å². The summed E-state index contributed by atoms with van der Waals surface area (Å²) < 4.78 is 14.4.